The first kappa shape index (κ1) is 11.2. The second kappa shape index (κ2) is 4.42. The quantitative estimate of drug-likeness (QED) is 0.802. The van der Waals surface area contributed by atoms with Gasteiger partial charge in [0.05, 0.1) is 6.04 Å². The molecule has 1 aromatic heterocycles. The van der Waals surface area contributed by atoms with Crippen molar-refractivity contribution in [3.63, 3.8) is 0 Å². The molecule has 1 aliphatic rings. The normalized spacial score (nSPS) is 18.4. The van der Waals surface area contributed by atoms with Gasteiger partial charge in [-0.05, 0) is 36.1 Å². The zero-order chi connectivity index (χ0) is 12.5. The van der Waals surface area contributed by atoms with E-state index >= 15 is 0 Å². The third-order valence-electron chi connectivity index (χ3n) is 3.51. The Morgan fingerprint density at radius 1 is 1.28 bits per heavy atom. The van der Waals surface area contributed by atoms with Gasteiger partial charge >= 0.3 is 0 Å². The Morgan fingerprint density at radius 3 is 3.00 bits per heavy atom. The van der Waals surface area contributed by atoms with E-state index in [2.05, 4.69) is 40.6 Å². The molecule has 3 N–H and O–H groups in total. The van der Waals surface area contributed by atoms with Gasteiger partial charge in [0.15, 0.2) is 0 Å². The lowest BCUT2D eigenvalue weighted by atomic mass is 9.90. The van der Waals surface area contributed by atoms with E-state index < -0.39 is 0 Å². The standard InChI is InChI=1S/C15H17N3/c1-10-8-13(15(16)18-9-10)14-12-5-3-2-4-11(12)6-7-17-14/h2-5,8-9,14,17H,6-7H2,1H3,(H2,16,18). The molecule has 0 aliphatic carbocycles. The fraction of sp³-hybridized carbons (Fsp3) is 0.267. The van der Waals surface area contributed by atoms with Crippen molar-refractivity contribution in [1.82, 2.24) is 10.3 Å². The molecule has 3 heteroatoms. The molecule has 92 valence electrons. The van der Waals surface area contributed by atoms with Crippen LogP contribution in [0, 0.1) is 6.92 Å². The van der Waals surface area contributed by atoms with Gasteiger partial charge in [0.1, 0.15) is 5.82 Å². The second-order valence-electron chi connectivity index (χ2n) is 4.82. The molecular weight excluding hydrogens is 222 g/mol. The molecule has 0 fully saturated rings. The van der Waals surface area contributed by atoms with Gasteiger partial charge in [-0.1, -0.05) is 24.3 Å². The number of fused-ring (bicyclic) bond motifs is 1. The van der Waals surface area contributed by atoms with Crippen molar-refractivity contribution < 1.29 is 0 Å². The van der Waals surface area contributed by atoms with Crippen LogP contribution in [0.4, 0.5) is 5.82 Å². The van der Waals surface area contributed by atoms with Crippen LogP contribution in [-0.4, -0.2) is 11.5 Å². The van der Waals surface area contributed by atoms with E-state index in [0.29, 0.717) is 5.82 Å². The molecule has 0 spiro atoms. The summed E-state index contributed by atoms with van der Waals surface area (Å²) in [6.07, 6.45) is 2.89. The van der Waals surface area contributed by atoms with E-state index in [4.69, 9.17) is 5.73 Å². The molecule has 1 atom stereocenters. The Hall–Kier alpha value is -1.87. The number of nitrogens with one attached hydrogen (secondary N) is 1. The Balaban J connectivity index is 2.11. The van der Waals surface area contributed by atoms with E-state index in [1.54, 1.807) is 0 Å². The van der Waals surface area contributed by atoms with Gasteiger partial charge in [0.2, 0.25) is 0 Å². The van der Waals surface area contributed by atoms with Gasteiger partial charge < -0.3 is 11.1 Å². The SMILES string of the molecule is Cc1cnc(N)c(C2NCCc3ccccc32)c1. The van der Waals surface area contributed by atoms with Gasteiger partial charge in [-0.3, -0.25) is 0 Å². The van der Waals surface area contributed by atoms with Crippen molar-refractivity contribution in [2.24, 2.45) is 0 Å². The Kier molecular flexibility index (Phi) is 2.76. The molecule has 18 heavy (non-hydrogen) atoms. The fourth-order valence-corrected chi connectivity index (χ4v) is 2.62. The summed E-state index contributed by atoms with van der Waals surface area (Å²) in [6, 6.07) is 10.8. The summed E-state index contributed by atoms with van der Waals surface area (Å²) in [6.45, 7) is 3.03. The molecule has 2 heterocycles. The molecule has 0 saturated carbocycles. The minimum atomic E-state index is 0.169. The number of hydrogen-bond donors (Lipinski definition) is 2. The highest BCUT2D eigenvalue weighted by Crippen LogP contribution is 2.31. The monoisotopic (exact) mass is 239 g/mol. The van der Waals surface area contributed by atoms with Crippen LogP contribution >= 0.6 is 0 Å². The molecule has 1 unspecified atom stereocenters. The van der Waals surface area contributed by atoms with Gasteiger partial charge in [0.25, 0.3) is 0 Å². The summed E-state index contributed by atoms with van der Waals surface area (Å²) in [5, 5.41) is 3.54. The average molecular weight is 239 g/mol. The molecule has 0 bridgehead atoms. The largest absolute Gasteiger partial charge is 0.383 e. The van der Waals surface area contributed by atoms with Crippen LogP contribution in [0.15, 0.2) is 36.5 Å². The highest BCUT2D eigenvalue weighted by atomic mass is 14.9. The smallest absolute Gasteiger partial charge is 0.128 e. The number of nitrogen functional groups attached to an aromatic ring is 1. The van der Waals surface area contributed by atoms with E-state index in [1.807, 2.05) is 13.1 Å². The lowest BCUT2D eigenvalue weighted by molar-refractivity contribution is 0.567. The van der Waals surface area contributed by atoms with Gasteiger partial charge in [0, 0.05) is 18.3 Å². The highest BCUT2D eigenvalue weighted by Gasteiger charge is 2.22. The topological polar surface area (TPSA) is 50.9 Å². The molecule has 0 radical (unpaired) electrons. The van der Waals surface area contributed by atoms with Crippen molar-refractivity contribution in [3.05, 3.63) is 58.8 Å². The lowest BCUT2D eigenvalue weighted by Crippen LogP contribution is -2.31. The Bertz CT molecular complexity index is 578. The van der Waals surface area contributed by atoms with Crippen molar-refractivity contribution in [3.8, 4) is 0 Å². The molecule has 2 aromatic rings. The number of rotatable bonds is 1. The third kappa shape index (κ3) is 1.87. The number of anilines is 1. The zero-order valence-corrected chi connectivity index (χ0v) is 10.5. The molecule has 1 aromatic carbocycles. The molecule has 0 saturated heterocycles. The summed E-state index contributed by atoms with van der Waals surface area (Å²) >= 11 is 0. The maximum absolute atomic E-state index is 6.03. The van der Waals surface area contributed by atoms with Crippen LogP contribution in [0.3, 0.4) is 0 Å². The molecule has 1 aliphatic heterocycles. The molecule has 0 amide bonds. The maximum atomic E-state index is 6.03. The number of hydrogen-bond acceptors (Lipinski definition) is 3. The van der Waals surface area contributed by atoms with Gasteiger partial charge in [-0.2, -0.15) is 0 Å². The first-order valence-electron chi connectivity index (χ1n) is 6.29. The van der Waals surface area contributed by atoms with Crippen LogP contribution in [0.1, 0.15) is 28.3 Å². The van der Waals surface area contributed by atoms with Crippen LogP contribution in [-0.2, 0) is 6.42 Å². The molecular formula is C15H17N3. The summed E-state index contributed by atoms with van der Waals surface area (Å²) in [5.41, 5.74) is 11.0. The van der Waals surface area contributed by atoms with Crippen molar-refractivity contribution >= 4 is 5.82 Å². The highest BCUT2D eigenvalue weighted by molar-refractivity contribution is 5.49. The number of pyridine rings is 1. The first-order chi connectivity index (χ1) is 8.75. The van der Waals surface area contributed by atoms with Gasteiger partial charge in [-0.25, -0.2) is 4.98 Å². The van der Waals surface area contributed by atoms with Crippen LogP contribution < -0.4 is 11.1 Å². The third-order valence-corrected chi connectivity index (χ3v) is 3.51. The number of aryl methyl sites for hydroxylation is 1. The van der Waals surface area contributed by atoms with Crippen molar-refractivity contribution in [1.29, 1.82) is 0 Å². The predicted molar refractivity (Wildman–Crippen MR) is 73.4 cm³/mol. The van der Waals surface area contributed by atoms with Crippen LogP contribution in [0.2, 0.25) is 0 Å². The second-order valence-corrected chi connectivity index (χ2v) is 4.82. The summed E-state index contributed by atoms with van der Waals surface area (Å²) in [7, 11) is 0. The van der Waals surface area contributed by atoms with Crippen LogP contribution in [0.5, 0.6) is 0 Å². The Labute approximate surface area is 107 Å². The zero-order valence-electron chi connectivity index (χ0n) is 10.5. The number of nitrogens with zero attached hydrogens (tertiary/aromatic N) is 1. The maximum Gasteiger partial charge on any atom is 0.128 e. The van der Waals surface area contributed by atoms with Gasteiger partial charge in [-0.15, -0.1) is 0 Å². The van der Waals surface area contributed by atoms with E-state index in [-0.39, 0.29) is 6.04 Å². The molecule has 3 nitrogen and oxygen atoms in total. The average Bonchev–Trinajstić information content (AvgIpc) is 2.41. The van der Waals surface area contributed by atoms with Crippen molar-refractivity contribution in [2.45, 2.75) is 19.4 Å². The predicted octanol–water partition coefficient (Wildman–Crippen LogP) is 2.21. The number of aromatic nitrogens is 1. The van der Waals surface area contributed by atoms with Crippen molar-refractivity contribution in [2.75, 3.05) is 12.3 Å². The Morgan fingerprint density at radius 2 is 2.11 bits per heavy atom. The lowest BCUT2D eigenvalue weighted by Gasteiger charge is -2.28. The van der Waals surface area contributed by atoms with Crippen LogP contribution in [0.25, 0.3) is 0 Å². The summed E-state index contributed by atoms with van der Waals surface area (Å²) in [4.78, 5) is 4.26. The van der Waals surface area contributed by atoms with E-state index in [1.165, 1.54) is 11.1 Å². The molecule has 3 rings (SSSR count). The fourth-order valence-electron chi connectivity index (χ4n) is 2.62. The van der Waals surface area contributed by atoms with E-state index in [9.17, 15) is 0 Å². The summed E-state index contributed by atoms with van der Waals surface area (Å²) in [5.74, 6) is 0.620. The first-order valence-corrected chi connectivity index (χ1v) is 6.29. The summed E-state index contributed by atoms with van der Waals surface area (Å²) < 4.78 is 0. The minimum absolute atomic E-state index is 0.169. The number of benzene rings is 1. The number of nitrogens with two attached hydrogens (primary N) is 1. The minimum Gasteiger partial charge on any atom is -0.383 e. The van der Waals surface area contributed by atoms with E-state index in [0.717, 1.165) is 24.1 Å².